The van der Waals surface area contributed by atoms with E-state index in [9.17, 15) is 14.0 Å². The maximum absolute atomic E-state index is 13.0. The molecule has 3 aromatic rings. The normalized spacial score (nSPS) is 14.5. The SMILES string of the molecule is O=C(CCC(=O)N1CCN(c2cccc3[nH]ccc23)CC1)c1ccc(F)cc1. The molecule has 5 nitrogen and oxygen atoms in total. The van der Waals surface area contributed by atoms with Gasteiger partial charge in [-0.15, -0.1) is 0 Å². The molecule has 1 N–H and O–H groups in total. The first kappa shape index (κ1) is 18.2. The molecule has 0 aliphatic carbocycles. The highest BCUT2D eigenvalue weighted by Gasteiger charge is 2.22. The van der Waals surface area contributed by atoms with Crippen molar-refractivity contribution in [3.8, 4) is 0 Å². The lowest BCUT2D eigenvalue weighted by Gasteiger charge is -2.36. The largest absolute Gasteiger partial charge is 0.367 e. The number of amides is 1. The molecule has 1 aliphatic heterocycles. The molecule has 0 unspecified atom stereocenters. The number of carbonyl (C=O) groups is 2. The van der Waals surface area contributed by atoms with Gasteiger partial charge in [0.25, 0.3) is 0 Å². The van der Waals surface area contributed by atoms with Gasteiger partial charge in [0.05, 0.1) is 0 Å². The van der Waals surface area contributed by atoms with Crippen molar-refractivity contribution in [1.29, 1.82) is 0 Å². The van der Waals surface area contributed by atoms with Crippen LogP contribution in [0.15, 0.2) is 54.7 Å². The van der Waals surface area contributed by atoms with Crippen LogP contribution in [-0.4, -0.2) is 47.8 Å². The van der Waals surface area contributed by atoms with Gasteiger partial charge in [-0.1, -0.05) is 6.07 Å². The standard InChI is InChI=1S/C22H22FN3O2/c23-17-6-4-16(5-7-17)21(27)8-9-22(28)26-14-12-25(13-15-26)20-3-1-2-19-18(20)10-11-24-19/h1-7,10-11,24H,8-9,12-15H2. The molecule has 1 aliphatic rings. The number of benzene rings is 2. The molecule has 0 spiro atoms. The number of anilines is 1. The molecule has 0 radical (unpaired) electrons. The van der Waals surface area contributed by atoms with Crippen LogP contribution in [0.25, 0.3) is 10.9 Å². The van der Waals surface area contributed by atoms with Gasteiger partial charge in [0, 0.05) is 67.4 Å². The van der Waals surface area contributed by atoms with Crippen LogP contribution in [0.1, 0.15) is 23.2 Å². The molecule has 1 aromatic heterocycles. The van der Waals surface area contributed by atoms with Crippen molar-refractivity contribution in [1.82, 2.24) is 9.88 Å². The molecule has 2 heterocycles. The first-order valence-corrected chi connectivity index (χ1v) is 9.49. The lowest BCUT2D eigenvalue weighted by Crippen LogP contribution is -2.48. The topological polar surface area (TPSA) is 56.4 Å². The third-order valence-corrected chi connectivity index (χ3v) is 5.28. The summed E-state index contributed by atoms with van der Waals surface area (Å²) >= 11 is 0. The highest BCUT2D eigenvalue weighted by atomic mass is 19.1. The fourth-order valence-corrected chi connectivity index (χ4v) is 3.70. The zero-order valence-corrected chi connectivity index (χ0v) is 15.5. The van der Waals surface area contributed by atoms with Gasteiger partial charge in [0.1, 0.15) is 5.82 Å². The molecule has 2 aromatic carbocycles. The molecule has 0 saturated carbocycles. The van der Waals surface area contributed by atoms with Crippen LogP contribution in [0.3, 0.4) is 0 Å². The molecular weight excluding hydrogens is 357 g/mol. The number of rotatable bonds is 5. The number of aromatic amines is 1. The molecule has 6 heteroatoms. The number of hydrogen-bond acceptors (Lipinski definition) is 3. The maximum Gasteiger partial charge on any atom is 0.223 e. The number of aromatic nitrogens is 1. The summed E-state index contributed by atoms with van der Waals surface area (Å²) < 4.78 is 13.0. The third-order valence-electron chi connectivity index (χ3n) is 5.28. The number of Topliss-reactive ketones (excluding diaryl/α,β-unsaturated/α-hetero) is 1. The molecule has 0 atom stereocenters. The Bertz CT molecular complexity index is 988. The number of ketones is 1. The van der Waals surface area contributed by atoms with E-state index < -0.39 is 0 Å². The fourth-order valence-electron chi connectivity index (χ4n) is 3.70. The van der Waals surface area contributed by atoms with Gasteiger partial charge in [0.15, 0.2) is 5.78 Å². The Balaban J connectivity index is 1.31. The summed E-state index contributed by atoms with van der Waals surface area (Å²) in [6, 6.07) is 13.7. The minimum atomic E-state index is -0.374. The zero-order valence-electron chi connectivity index (χ0n) is 15.5. The van der Waals surface area contributed by atoms with Crippen LogP contribution in [0.2, 0.25) is 0 Å². The van der Waals surface area contributed by atoms with E-state index in [1.807, 2.05) is 17.2 Å². The number of hydrogen-bond donors (Lipinski definition) is 1. The van der Waals surface area contributed by atoms with E-state index in [-0.39, 0.29) is 30.3 Å². The minimum Gasteiger partial charge on any atom is -0.367 e. The predicted octanol–water partition coefficient (Wildman–Crippen LogP) is 3.62. The van der Waals surface area contributed by atoms with Crippen LogP contribution in [0.5, 0.6) is 0 Å². The Morgan fingerprint density at radius 3 is 2.43 bits per heavy atom. The Kier molecular flexibility index (Phi) is 5.10. The van der Waals surface area contributed by atoms with E-state index in [1.54, 1.807) is 0 Å². The quantitative estimate of drug-likeness (QED) is 0.689. The number of halogens is 1. The lowest BCUT2D eigenvalue weighted by molar-refractivity contribution is -0.131. The summed E-state index contributed by atoms with van der Waals surface area (Å²) in [5.41, 5.74) is 2.73. The van der Waals surface area contributed by atoms with Gasteiger partial charge in [0.2, 0.25) is 5.91 Å². The van der Waals surface area contributed by atoms with E-state index in [1.165, 1.54) is 35.3 Å². The summed E-state index contributed by atoms with van der Waals surface area (Å²) in [5.74, 6) is -0.512. The first-order chi connectivity index (χ1) is 13.6. The number of carbonyl (C=O) groups excluding carboxylic acids is 2. The number of nitrogens with zero attached hydrogens (tertiary/aromatic N) is 2. The summed E-state index contributed by atoms with van der Waals surface area (Å²) in [6.07, 6.45) is 2.27. The van der Waals surface area contributed by atoms with E-state index in [2.05, 4.69) is 28.1 Å². The predicted molar refractivity (Wildman–Crippen MR) is 107 cm³/mol. The molecular formula is C22H22FN3O2. The Labute approximate surface area is 162 Å². The Morgan fingerprint density at radius 1 is 0.929 bits per heavy atom. The van der Waals surface area contributed by atoms with Crippen LogP contribution in [0.4, 0.5) is 10.1 Å². The van der Waals surface area contributed by atoms with Crippen molar-refractivity contribution in [3.63, 3.8) is 0 Å². The average molecular weight is 379 g/mol. The van der Waals surface area contributed by atoms with Crippen molar-refractivity contribution >= 4 is 28.3 Å². The molecule has 28 heavy (non-hydrogen) atoms. The number of fused-ring (bicyclic) bond motifs is 1. The van der Waals surface area contributed by atoms with Crippen molar-refractivity contribution < 1.29 is 14.0 Å². The number of H-pyrrole nitrogens is 1. The van der Waals surface area contributed by atoms with Gasteiger partial charge in [-0.25, -0.2) is 4.39 Å². The maximum atomic E-state index is 13.0. The van der Waals surface area contributed by atoms with Gasteiger partial charge in [-0.05, 0) is 42.5 Å². The highest BCUT2D eigenvalue weighted by molar-refractivity contribution is 5.98. The van der Waals surface area contributed by atoms with Gasteiger partial charge >= 0.3 is 0 Å². The lowest BCUT2D eigenvalue weighted by atomic mass is 10.1. The first-order valence-electron chi connectivity index (χ1n) is 9.49. The zero-order chi connectivity index (χ0) is 19.5. The second kappa shape index (κ2) is 7.84. The molecule has 0 bridgehead atoms. The van der Waals surface area contributed by atoms with Crippen molar-refractivity contribution in [2.24, 2.45) is 0 Å². The average Bonchev–Trinajstić information content (AvgIpc) is 3.21. The molecule has 1 saturated heterocycles. The van der Waals surface area contributed by atoms with Crippen LogP contribution in [-0.2, 0) is 4.79 Å². The van der Waals surface area contributed by atoms with Crippen LogP contribution < -0.4 is 4.90 Å². The highest BCUT2D eigenvalue weighted by Crippen LogP contribution is 2.27. The molecule has 1 amide bonds. The van der Waals surface area contributed by atoms with Crippen LogP contribution in [0, 0.1) is 5.82 Å². The second-order valence-corrected chi connectivity index (χ2v) is 7.01. The summed E-state index contributed by atoms with van der Waals surface area (Å²) in [4.78, 5) is 32.0. The second-order valence-electron chi connectivity index (χ2n) is 7.01. The smallest absolute Gasteiger partial charge is 0.223 e. The van der Waals surface area contributed by atoms with Crippen LogP contribution >= 0.6 is 0 Å². The summed E-state index contributed by atoms with van der Waals surface area (Å²) in [6.45, 7) is 2.82. The van der Waals surface area contributed by atoms with Gasteiger partial charge < -0.3 is 14.8 Å². The van der Waals surface area contributed by atoms with Crippen molar-refractivity contribution in [2.75, 3.05) is 31.1 Å². The summed E-state index contributed by atoms with van der Waals surface area (Å²) in [5, 5.41) is 1.19. The Hall–Kier alpha value is -3.15. The van der Waals surface area contributed by atoms with Gasteiger partial charge in [-0.3, -0.25) is 9.59 Å². The van der Waals surface area contributed by atoms with Crippen molar-refractivity contribution in [2.45, 2.75) is 12.8 Å². The number of nitrogens with one attached hydrogen (secondary N) is 1. The van der Waals surface area contributed by atoms with E-state index in [4.69, 9.17) is 0 Å². The molecule has 4 rings (SSSR count). The molecule has 1 fully saturated rings. The summed E-state index contributed by atoms with van der Waals surface area (Å²) in [7, 11) is 0. The minimum absolute atomic E-state index is 0.00466. The Morgan fingerprint density at radius 2 is 1.68 bits per heavy atom. The van der Waals surface area contributed by atoms with E-state index >= 15 is 0 Å². The van der Waals surface area contributed by atoms with E-state index in [0.29, 0.717) is 18.7 Å². The van der Waals surface area contributed by atoms with Crippen molar-refractivity contribution in [3.05, 3.63) is 66.1 Å². The van der Waals surface area contributed by atoms with Gasteiger partial charge in [-0.2, -0.15) is 0 Å². The third kappa shape index (κ3) is 3.76. The van der Waals surface area contributed by atoms with E-state index in [0.717, 1.165) is 18.6 Å². The number of piperazine rings is 1. The fraction of sp³-hybridized carbons (Fsp3) is 0.273. The molecule has 144 valence electrons. The monoisotopic (exact) mass is 379 g/mol.